The highest BCUT2D eigenvalue weighted by Gasteiger charge is 2.19. The van der Waals surface area contributed by atoms with Crippen LogP contribution in [0.2, 0.25) is 0 Å². The van der Waals surface area contributed by atoms with E-state index in [0.29, 0.717) is 5.56 Å². The van der Waals surface area contributed by atoms with Crippen molar-refractivity contribution in [2.45, 2.75) is 25.9 Å². The van der Waals surface area contributed by atoms with Crippen LogP contribution in [-0.2, 0) is 0 Å². The molecule has 0 aliphatic carbocycles. The van der Waals surface area contributed by atoms with E-state index in [0.717, 1.165) is 0 Å². The molecule has 0 saturated heterocycles. The molecule has 0 spiro atoms. The second-order valence-corrected chi connectivity index (χ2v) is 3.46. The number of hydrogen-bond acceptors (Lipinski definition) is 1. The highest BCUT2D eigenvalue weighted by Crippen LogP contribution is 2.26. The van der Waals surface area contributed by atoms with Crippen LogP contribution in [0.4, 0.5) is 8.78 Å². The highest BCUT2D eigenvalue weighted by atomic mass is 19.3. The average molecular weight is 200 g/mol. The second-order valence-electron chi connectivity index (χ2n) is 3.46. The summed E-state index contributed by atoms with van der Waals surface area (Å²) in [4.78, 5) is 0. The van der Waals surface area contributed by atoms with Crippen LogP contribution in [0.15, 0.2) is 30.3 Å². The number of alkyl halides is 2. The minimum Gasteiger partial charge on any atom is -0.388 e. The van der Waals surface area contributed by atoms with Gasteiger partial charge >= 0.3 is 0 Å². The van der Waals surface area contributed by atoms with Gasteiger partial charge in [0.2, 0.25) is 6.43 Å². The molecule has 0 bridgehead atoms. The van der Waals surface area contributed by atoms with Gasteiger partial charge in [-0.3, -0.25) is 0 Å². The van der Waals surface area contributed by atoms with Crippen LogP contribution in [0.1, 0.15) is 25.0 Å². The maximum Gasteiger partial charge on any atom is 0.239 e. The lowest BCUT2D eigenvalue weighted by molar-refractivity contribution is 0.0547. The average Bonchev–Trinajstić information content (AvgIpc) is 2.17. The molecule has 1 aromatic rings. The molecule has 0 amide bonds. The molecule has 0 fully saturated rings. The molecule has 1 aromatic carbocycles. The molecule has 2 atom stereocenters. The van der Waals surface area contributed by atoms with E-state index < -0.39 is 18.4 Å². The molecule has 1 N–H and O–H groups in total. The number of aliphatic hydroxyl groups is 1. The Bertz CT molecular complexity index is 261. The van der Waals surface area contributed by atoms with Crippen LogP contribution in [0, 0.1) is 5.92 Å². The Morgan fingerprint density at radius 1 is 1.21 bits per heavy atom. The summed E-state index contributed by atoms with van der Waals surface area (Å²) in [7, 11) is 0. The summed E-state index contributed by atoms with van der Waals surface area (Å²) in [5.74, 6) is -0.419. The van der Waals surface area contributed by atoms with E-state index in [1.807, 2.05) is 6.07 Å². The van der Waals surface area contributed by atoms with E-state index in [9.17, 15) is 13.9 Å². The minimum absolute atomic E-state index is 0.268. The Labute approximate surface area is 82.4 Å². The molecule has 0 heterocycles. The van der Waals surface area contributed by atoms with E-state index in [1.165, 1.54) is 0 Å². The number of benzene rings is 1. The predicted octanol–water partition coefficient (Wildman–Crippen LogP) is 3.01. The number of rotatable bonds is 4. The van der Waals surface area contributed by atoms with Gasteiger partial charge in [-0.2, -0.15) is 0 Å². The summed E-state index contributed by atoms with van der Waals surface area (Å²) in [6, 6.07) is 8.88. The highest BCUT2D eigenvalue weighted by molar-refractivity contribution is 5.17. The van der Waals surface area contributed by atoms with Crippen molar-refractivity contribution in [2.75, 3.05) is 0 Å². The summed E-state index contributed by atoms with van der Waals surface area (Å²) in [5.41, 5.74) is 0.695. The van der Waals surface area contributed by atoms with Gasteiger partial charge in [0.1, 0.15) is 0 Å². The molecule has 1 nitrogen and oxygen atoms in total. The van der Waals surface area contributed by atoms with E-state index in [1.54, 1.807) is 31.2 Å². The van der Waals surface area contributed by atoms with Crippen LogP contribution in [0.25, 0.3) is 0 Å². The van der Waals surface area contributed by atoms with Crippen molar-refractivity contribution in [1.29, 1.82) is 0 Å². The smallest absolute Gasteiger partial charge is 0.239 e. The monoisotopic (exact) mass is 200 g/mol. The number of halogens is 2. The van der Waals surface area contributed by atoms with Crippen molar-refractivity contribution in [1.82, 2.24) is 0 Å². The summed E-state index contributed by atoms with van der Waals surface area (Å²) in [5, 5.41) is 9.70. The van der Waals surface area contributed by atoms with E-state index in [2.05, 4.69) is 0 Å². The fourth-order valence-corrected chi connectivity index (χ4v) is 1.39. The Balaban J connectivity index is 2.61. The molecular formula is C11H14F2O. The molecule has 0 aromatic heterocycles. The summed E-state index contributed by atoms with van der Waals surface area (Å²) in [6.07, 6.45) is -3.43. The van der Waals surface area contributed by atoms with Crippen molar-refractivity contribution >= 4 is 0 Å². The topological polar surface area (TPSA) is 20.2 Å². The zero-order valence-electron chi connectivity index (χ0n) is 8.03. The third kappa shape index (κ3) is 3.07. The normalized spacial score (nSPS) is 15.5. The van der Waals surface area contributed by atoms with Crippen molar-refractivity contribution in [3.63, 3.8) is 0 Å². The molecule has 0 aliphatic rings. The van der Waals surface area contributed by atoms with Gasteiger partial charge in [0.15, 0.2) is 0 Å². The molecular weight excluding hydrogens is 186 g/mol. The van der Waals surface area contributed by atoms with Crippen LogP contribution in [0.5, 0.6) is 0 Å². The first-order chi connectivity index (χ1) is 6.61. The minimum atomic E-state index is -2.36. The molecule has 0 aliphatic heterocycles. The maximum absolute atomic E-state index is 12.1. The summed E-state index contributed by atoms with van der Waals surface area (Å²) in [6.45, 7) is 1.63. The summed E-state index contributed by atoms with van der Waals surface area (Å²) < 4.78 is 24.1. The van der Waals surface area contributed by atoms with Crippen LogP contribution < -0.4 is 0 Å². The van der Waals surface area contributed by atoms with Gasteiger partial charge in [0.05, 0.1) is 6.10 Å². The molecule has 0 radical (unpaired) electrons. The number of hydrogen-bond donors (Lipinski definition) is 1. The van der Waals surface area contributed by atoms with Crippen LogP contribution in [0.3, 0.4) is 0 Å². The lowest BCUT2D eigenvalue weighted by Crippen LogP contribution is -2.12. The van der Waals surface area contributed by atoms with Crippen molar-refractivity contribution < 1.29 is 13.9 Å². The van der Waals surface area contributed by atoms with Crippen molar-refractivity contribution in [3.8, 4) is 0 Å². The standard InChI is InChI=1S/C11H14F2O/c1-8(7-10(12)13)11(14)9-5-3-2-4-6-9/h2-6,8,10-11,14H,7H2,1H3. The van der Waals surface area contributed by atoms with Crippen molar-refractivity contribution in [2.24, 2.45) is 5.92 Å². The Kier molecular flexibility index (Phi) is 4.01. The van der Waals surface area contributed by atoms with Gasteiger partial charge in [-0.1, -0.05) is 37.3 Å². The Morgan fingerprint density at radius 2 is 1.79 bits per heavy atom. The van der Waals surface area contributed by atoms with Gasteiger partial charge in [-0.15, -0.1) is 0 Å². The first-order valence-electron chi connectivity index (χ1n) is 4.62. The molecule has 14 heavy (non-hydrogen) atoms. The van der Waals surface area contributed by atoms with Gasteiger partial charge in [0.25, 0.3) is 0 Å². The largest absolute Gasteiger partial charge is 0.388 e. The molecule has 2 unspecified atom stereocenters. The van der Waals surface area contributed by atoms with E-state index in [-0.39, 0.29) is 6.42 Å². The van der Waals surface area contributed by atoms with Gasteiger partial charge in [-0.05, 0) is 11.5 Å². The molecule has 78 valence electrons. The quantitative estimate of drug-likeness (QED) is 0.792. The SMILES string of the molecule is CC(CC(F)F)C(O)c1ccccc1. The predicted molar refractivity (Wildman–Crippen MR) is 51.2 cm³/mol. The van der Waals surface area contributed by atoms with Gasteiger partial charge in [-0.25, -0.2) is 8.78 Å². The lowest BCUT2D eigenvalue weighted by atomic mass is 9.95. The van der Waals surface area contributed by atoms with Crippen LogP contribution in [-0.4, -0.2) is 11.5 Å². The Morgan fingerprint density at radius 3 is 2.29 bits per heavy atom. The summed E-state index contributed by atoms with van der Waals surface area (Å²) >= 11 is 0. The fraction of sp³-hybridized carbons (Fsp3) is 0.455. The third-order valence-corrected chi connectivity index (χ3v) is 2.23. The lowest BCUT2D eigenvalue weighted by Gasteiger charge is -2.18. The third-order valence-electron chi connectivity index (χ3n) is 2.23. The first-order valence-corrected chi connectivity index (χ1v) is 4.62. The molecule has 0 saturated carbocycles. The van der Waals surface area contributed by atoms with Gasteiger partial charge < -0.3 is 5.11 Å². The number of aliphatic hydroxyl groups excluding tert-OH is 1. The zero-order chi connectivity index (χ0) is 10.6. The van der Waals surface area contributed by atoms with E-state index in [4.69, 9.17) is 0 Å². The van der Waals surface area contributed by atoms with Gasteiger partial charge in [0, 0.05) is 6.42 Å². The molecule has 1 rings (SSSR count). The van der Waals surface area contributed by atoms with Crippen LogP contribution >= 0.6 is 0 Å². The second kappa shape index (κ2) is 5.05. The fourth-order valence-electron chi connectivity index (χ4n) is 1.39. The first kappa shape index (κ1) is 11.1. The Hall–Kier alpha value is -0.960. The molecule has 3 heteroatoms. The maximum atomic E-state index is 12.1. The van der Waals surface area contributed by atoms with E-state index >= 15 is 0 Å². The van der Waals surface area contributed by atoms with Crippen molar-refractivity contribution in [3.05, 3.63) is 35.9 Å². The zero-order valence-corrected chi connectivity index (χ0v) is 8.03.